The molecule has 5 heteroatoms. The molecule has 0 bridgehead atoms. The van der Waals surface area contributed by atoms with Crippen LogP contribution in [0.1, 0.15) is 24.5 Å². The van der Waals surface area contributed by atoms with Crippen molar-refractivity contribution in [2.75, 3.05) is 7.11 Å². The molecule has 0 aliphatic carbocycles. The van der Waals surface area contributed by atoms with Crippen LogP contribution in [0.5, 0.6) is 0 Å². The van der Waals surface area contributed by atoms with Gasteiger partial charge in [0.05, 0.1) is 12.7 Å². The summed E-state index contributed by atoms with van der Waals surface area (Å²) in [6.07, 6.45) is 5.55. The Hall–Kier alpha value is -3.11. The SMILES string of the molecule is C=C1C=C(C(=O)OC)C=CN1/C(Cl)=C(\CC)c1ccccc1-c1ccc(C)cc1F. The van der Waals surface area contributed by atoms with E-state index in [1.54, 1.807) is 29.3 Å². The van der Waals surface area contributed by atoms with Crippen molar-refractivity contribution in [2.24, 2.45) is 0 Å². The third kappa shape index (κ3) is 4.24. The molecular weight excluding hydrogens is 401 g/mol. The number of aryl methyl sites for hydroxylation is 1. The molecule has 1 heterocycles. The fourth-order valence-electron chi connectivity index (χ4n) is 3.40. The van der Waals surface area contributed by atoms with Crippen LogP contribution in [-0.2, 0) is 9.53 Å². The van der Waals surface area contributed by atoms with Crippen molar-refractivity contribution in [3.63, 3.8) is 0 Å². The van der Waals surface area contributed by atoms with Gasteiger partial charge in [0.25, 0.3) is 0 Å². The minimum absolute atomic E-state index is 0.276. The zero-order valence-corrected chi connectivity index (χ0v) is 18.0. The molecule has 2 aromatic carbocycles. The number of carbonyl (C=O) groups excluding carboxylic acids is 1. The first-order valence-corrected chi connectivity index (χ1v) is 9.96. The van der Waals surface area contributed by atoms with Crippen LogP contribution in [0.25, 0.3) is 16.7 Å². The number of hydrogen-bond acceptors (Lipinski definition) is 3. The monoisotopic (exact) mass is 423 g/mol. The number of esters is 1. The predicted octanol–water partition coefficient (Wildman–Crippen LogP) is 6.56. The van der Waals surface area contributed by atoms with Gasteiger partial charge in [-0.25, -0.2) is 9.18 Å². The van der Waals surface area contributed by atoms with Gasteiger partial charge in [0.2, 0.25) is 0 Å². The van der Waals surface area contributed by atoms with E-state index >= 15 is 0 Å². The normalized spacial score (nSPS) is 14.4. The van der Waals surface area contributed by atoms with Gasteiger partial charge in [-0.3, -0.25) is 0 Å². The molecule has 1 aliphatic heterocycles. The lowest BCUT2D eigenvalue weighted by molar-refractivity contribution is -0.135. The van der Waals surface area contributed by atoms with Gasteiger partial charge >= 0.3 is 5.97 Å². The van der Waals surface area contributed by atoms with Gasteiger partial charge in [-0.1, -0.05) is 61.5 Å². The Labute approximate surface area is 181 Å². The maximum absolute atomic E-state index is 14.7. The smallest absolute Gasteiger partial charge is 0.337 e. The summed E-state index contributed by atoms with van der Waals surface area (Å²) in [5, 5.41) is 0.443. The summed E-state index contributed by atoms with van der Waals surface area (Å²) in [4.78, 5) is 13.5. The van der Waals surface area contributed by atoms with E-state index < -0.39 is 5.97 Å². The largest absolute Gasteiger partial charge is 0.465 e. The Bertz CT molecular complexity index is 1100. The Morgan fingerprint density at radius 3 is 2.57 bits per heavy atom. The molecule has 0 fully saturated rings. The van der Waals surface area contributed by atoms with Crippen molar-refractivity contribution in [1.82, 2.24) is 4.90 Å². The molecule has 154 valence electrons. The number of nitrogens with zero attached hydrogens (tertiary/aromatic N) is 1. The van der Waals surface area contributed by atoms with Crippen LogP contribution < -0.4 is 0 Å². The lowest BCUT2D eigenvalue weighted by atomic mass is 9.92. The molecular formula is C25H23ClFNO2. The minimum atomic E-state index is -0.442. The minimum Gasteiger partial charge on any atom is -0.465 e. The van der Waals surface area contributed by atoms with Gasteiger partial charge in [0.1, 0.15) is 11.0 Å². The zero-order valence-electron chi connectivity index (χ0n) is 17.2. The van der Waals surface area contributed by atoms with E-state index in [9.17, 15) is 9.18 Å². The van der Waals surface area contributed by atoms with Crippen LogP contribution in [0, 0.1) is 12.7 Å². The topological polar surface area (TPSA) is 29.5 Å². The fraction of sp³-hybridized carbons (Fsp3) is 0.160. The first-order chi connectivity index (χ1) is 14.4. The van der Waals surface area contributed by atoms with E-state index in [4.69, 9.17) is 16.3 Å². The molecule has 0 saturated carbocycles. The molecule has 0 aromatic heterocycles. The second kappa shape index (κ2) is 9.14. The van der Waals surface area contributed by atoms with E-state index in [0.717, 1.165) is 22.3 Å². The Morgan fingerprint density at radius 1 is 1.20 bits per heavy atom. The van der Waals surface area contributed by atoms with Crippen molar-refractivity contribution in [1.29, 1.82) is 0 Å². The zero-order chi connectivity index (χ0) is 21.8. The van der Waals surface area contributed by atoms with Crippen molar-refractivity contribution < 1.29 is 13.9 Å². The van der Waals surface area contributed by atoms with Crippen LogP contribution in [0.15, 0.2) is 83.8 Å². The summed E-state index contributed by atoms with van der Waals surface area (Å²) < 4.78 is 19.5. The summed E-state index contributed by atoms with van der Waals surface area (Å²) in [5.74, 6) is -0.718. The lowest BCUT2D eigenvalue weighted by Gasteiger charge is -2.26. The summed E-state index contributed by atoms with van der Waals surface area (Å²) in [7, 11) is 1.33. The van der Waals surface area contributed by atoms with E-state index in [0.29, 0.717) is 28.4 Å². The van der Waals surface area contributed by atoms with E-state index in [1.807, 2.05) is 44.2 Å². The maximum Gasteiger partial charge on any atom is 0.337 e. The van der Waals surface area contributed by atoms with Crippen molar-refractivity contribution in [3.8, 4) is 11.1 Å². The number of benzene rings is 2. The molecule has 30 heavy (non-hydrogen) atoms. The molecule has 1 aliphatic rings. The van der Waals surface area contributed by atoms with Crippen LogP contribution in [-0.4, -0.2) is 18.0 Å². The molecule has 0 unspecified atom stereocenters. The fourth-order valence-corrected chi connectivity index (χ4v) is 3.80. The quantitative estimate of drug-likeness (QED) is 0.402. The van der Waals surface area contributed by atoms with Gasteiger partial charge in [-0.05, 0) is 53.8 Å². The van der Waals surface area contributed by atoms with E-state index in [2.05, 4.69) is 6.58 Å². The number of halogens is 2. The number of allylic oxidation sites excluding steroid dienone is 2. The van der Waals surface area contributed by atoms with Gasteiger partial charge in [0.15, 0.2) is 0 Å². The number of ether oxygens (including phenoxy) is 1. The first kappa shape index (κ1) is 21.6. The first-order valence-electron chi connectivity index (χ1n) is 9.58. The average molecular weight is 424 g/mol. The van der Waals surface area contributed by atoms with Crippen LogP contribution >= 0.6 is 11.6 Å². The highest BCUT2D eigenvalue weighted by Crippen LogP contribution is 2.37. The van der Waals surface area contributed by atoms with Crippen LogP contribution in [0.2, 0.25) is 0 Å². The van der Waals surface area contributed by atoms with Gasteiger partial charge in [-0.2, -0.15) is 0 Å². The number of carbonyl (C=O) groups is 1. The molecule has 3 nitrogen and oxygen atoms in total. The number of methoxy groups -OCH3 is 1. The number of hydrogen-bond donors (Lipinski definition) is 0. The Kier molecular flexibility index (Phi) is 6.58. The average Bonchev–Trinajstić information content (AvgIpc) is 2.74. The third-order valence-electron chi connectivity index (χ3n) is 4.94. The lowest BCUT2D eigenvalue weighted by Crippen LogP contribution is -2.18. The van der Waals surface area contributed by atoms with Gasteiger partial charge in [-0.15, -0.1) is 0 Å². The maximum atomic E-state index is 14.7. The van der Waals surface area contributed by atoms with Crippen LogP contribution in [0.4, 0.5) is 4.39 Å². The summed E-state index contributed by atoms with van der Waals surface area (Å²) in [6, 6.07) is 12.8. The number of rotatable bonds is 5. The molecule has 0 spiro atoms. The molecule has 2 aromatic rings. The van der Waals surface area contributed by atoms with Gasteiger partial charge in [0, 0.05) is 17.5 Å². The van der Waals surface area contributed by atoms with Crippen molar-refractivity contribution in [2.45, 2.75) is 20.3 Å². The highest BCUT2D eigenvalue weighted by molar-refractivity contribution is 6.32. The Balaban J connectivity index is 2.08. The molecule has 0 atom stereocenters. The molecule has 0 N–H and O–H groups in total. The highest BCUT2D eigenvalue weighted by atomic mass is 35.5. The Morgan fingerprint density at radius 2 is 1.93 bits per heavy atom. The predicted molar refractivity (Wildman–Crippen MR) is 120 cm³/mol. The summed E-state index contributed by atoms with van der Waals surface area (Å²) in [5.41, 5.74) is 4.76. The standard InChI is InChI=1S/C25H23ClFNO2/c1-5-19(24(26)28-13-12-18(15-17(28)3)25(29)30-4)20-8-6-7-9-21(20)22-11-10-16(2)14-23(22)27/h6-15H,3,5H2,1-2,4H3/b24-19+. The van der Waals surface area contributed by atoms with E-state index in [-0.39, 0.29) is 5.82 Å². The van der Waals surface area contributed by atoms with Crippen LogP contribution in [0.3, 0.4) is 0 Å². The summed E-state index contributed by atoms with van der Waals surface area (Å²) >= 11 is 6.80. The molecule has 0 radical (unpaired) electrons. The third-order valence-corrected chi connectivity index (χ3v) is 5.35. The van der Waals surface area contributed by atoms with Crippen molar-refractivity contribution in [3.05, 3.63) is 101 Å². The molecule has 3 rings (SSSR count). The van der Waals surface area contributed by atoms with Crippen molar-refractivity contribution >= 4 is 23.1 Å². The highest BCUT2D eigenvalue weighted by Gasteiger charge is 2.21. The second-order valence-electron chi connectivity index (χ2n) is 6.92. The molecule has 0 amide bonds. The second-order valence-corrected chi connectivity index (χ2v) is 7.28. The summed E-state index contributed by atoms with van der Waals surface area (Å²) in [6.45, 7) is 7.86. The van der Waals surface area contributed by atoms with Gasteiger partial charge < -0.3 is 9.64 Å². The molecule has 0 saturated heterocycles. The van der Waals surface area contributed by atoms with E-state index in [1.165, 1.54) is 13.2 Å².